The Labute approximate surface area is 205 Å². The topological polar surface area (TPSA) is 103 Å². The number of ether oxygens (including phenoxy) is 2. The second-order valence-electron chi connectivity index (χ2n) is 7.70. The molecule has 178 valence electrons. The first-order chi connectivity index (χ1) is 17.1. The molecule has 2 N–H and O–H groups in total. The molecule has 0 atom stereocenters. The van der Waals surface area contributed by atoms with Gasteiger partial charge in [-0.05, 0) is 49.4 Å². The van der Waals surface area contributed by atoms with Crippen LogP contribution in [-0.4, -0.2) is 45.7 Å². The van der Waals surface area contributed by atoms with Crippen molar-refractivity contribution in [2.24, 2.45) is 0 Å². The number of amides is 1. The van der Waals surface area contributed by atoms with Crippen LogP contribution in [0.1, 0.15) is 17.3 Å². The summed E-state index contributed by atoms with van der Waals surface area (Å²) in [7, 11) is 1.60. The normalized spacial score (nSPS) is 11.1. The number of imidazole rings is 1. The number of pyridine rings is 1. The molecule has 5 aromatic rings. The minimum Gasteiger partial charge on any atom is -0.456 e. The quantitative estimate of drug-likeness (QED) is 0.282. The summed E-state index contributed by atoms with van der Waals surface area (Å²) in [6, 6.07) is 15.0. The van der Waals surface area contributed by atoms with Gasteiger partial charge in [-0.25, -0.2) is 9.97 Å². The summed E-state index contributed by atoms with van der Waals surface area (Å²) in [5.74, 6) is 1.92. The molecule has 1 amide bonds. The molecule has 0 aliphatic heterocycles. The van der Waals surface area contributed by atoms with Crippen LogP contribution in [0.3, 0.4) is 0 Å². The van der Waals surface area contributed by atoms with Gasteiger partial charge in [0, 0.05) is 38.0 Å². The molecule has 2 aromatic carbocycles. The van der Waals surface area contributed by atoms with E-state index >= 15 is 0 Å². The van der Waals surface area contributed by atoms with Crippen molar-refractivity contribution in [3.63, 3.8) is 0 Å². The first-order valence-corrected chi connectivity index (χ1v) is 12.0. The van der Waals surface area contributed by atoms with E-state index in [9.17, 15) is 4.79 Å². The largest absolute Gasteiger partial charge is 0.456 e. The van der Waals surface area contributed by atoms with E-state index in [0.717, 1.165) is 32.1 Å². The number of rotatable bonds is 9. The fourth-order valence-electron chi connectivity index (χ4n) is 3.72. The highest BCUT2D eigenvalue weighted by Crippen LogP contribution is 2.33. The Morgan fingerprint density at radius 2 is 2.00 bits per heavy atom. The zero-order chi connectivity index (χ0) is 24.2. The summed E-state index contributed by atoms with van der Waals surface area (Å²) in [6.45, 7) is 3.69. The molecule has 3 aromatic heterocycles. The number of nitrogens with zero attached hydrogens (tertiary/aromatic N) is 4. The van der Waals surface area contributed by atoms with E-state index in [2.05, 4.69) is 27.1 Å². The number of benzene rings is 2. The molecule has 0 saturated carbocycles. The minimum absolute atomic E-state index is 0.153. The first-order valence-electron chi connectivity index (χ1n) is 11.2. The van der Waals surface area contributed by atoms with Gasteiger partial charge in [0.15, 0.2) is 5.13 Å². The Morgan fingerprint density at radius 1 is 1.09 bits per heavy atom. The van der Waals surface area contributed by atoms with Crippen molar-refractivity contribution in [3.05, 3.63) is 66.5 Å². The van der Waals surface area contributed by atoms with Crippen LogP contribution in [0.2, 0.25) is 0 Å². The summed E-state index contributed by atoms with van der Waals surface area (Å²) < 4.78 is 13.9. The smallest absolute Gasteiger partial charge is 0.251 e. The number of fused-ring (bicyclic) bond motifs is 2. The molecule has 0 bridgehead atoms. The van der Waals surface area contributed by atoms with E-state index in [1.165, 1.54) is 11.3 Å². The maximum Gasteiger partial charge on any atom is 0.251 e. The molecule has 9 nitrogen and oxygen atoms in total. The second kappa shape index (κ2) is 10.1. The molecule has 3 heterocycles. The molecule has 0 unspecified atom stereocenters. The maximum atomic E-state index is 12.4. The van der Waals surface area contributed by atoms with Crippen molar-refractivity contribution in [3.8, 4) is 11.5 Å². The lowest BCUT2D eigenvalue weighted by Gasteiger charge is -2.06. The summed E-state index contributed by atoms with van der Waals surface area (Å²) in [5.41, 5.74) is 3.10. The molecule has 0 aliphatic rings. The number of anilines is 2. The van der Waals surface area contributed by atoms with Gasteiger partial charge in [-0.3, -0.25) is 9.78 Å². The Balaban J connectivity index is 1.38. The van der Waals surface area contributed by atoms with Crippen LogP contribution in [0, 0.1) is 0 Å². The fourth-order valence-corrected chi connectivity index (χ4v) is 4.60. The van der Waals surface area contributed by atoms with E-state index in [4.69, 9.17) is 19.4 Å². The van der Waals surface area contributed by atoms with Crippen LogP contribution in [0.25, 0.3) is 21.3 Å². The number of aromatic nitrogens is 4. The van der Waals surface area contributed by atoms with Gasteiger partial charge < -0.3 is 24.7 Å². The van der Waals surface area contributed by atoms with Gasteiger partial charge in [0.1, 0.15) is 11.5 Å². The third-order valence-electron chi connectivity index (χ3n) is 5.37. The van der Waals surface area contributed by atoms with Crippen molar-refractivity contribution < 1.29 is 14.3 Å². The van der Waals surface area contributed by atoms with Gasteiger partial charge in [0.05, 0.1) is 34.1 Å². The number of carbonyl (C=O) groups excluding carboxylic acids is 1. The molecule has 0 aliphatic carbocycles. The number of aryl methyl sites for hydroxylation is 1. The van der Waals surface area contributed by atoms with Crippen LogP contribution in [0.15, 0.2) is 60.9 Å². The van der Waals surface area contributed by atoms with E-state index in [-0.39, 0.29) is 5.91 Å². The second-order valence-corrected chi connectivity index (χ2v) is 8.73. The molecule has 5 rings (SSSR count). The van der Waals surface area contributed by atoms with Crippen LogP contribution in [0.5, 0.6) is 11.5 Å². The summed E-state index contributed by atoms with van der Waals surface area (Å²) in [5, 5.41) is 6.91. The van der Waals surface area contributed by atoms with Gasteiger partial charge in [-0.2, -0.15) is 0 Å². The van der Waals surface area contributed by atoms with Gasteiger partial charge in [0.2, 0.25) is 5.95 Å². The Kier molecular flexibility index (Phi) is 6.55. The molecule has 0 spiro atoms. The number of carbonyl (C=O) groups is 1. The minimum atomic E-state index is -0.153. The average molecular weight is 489 g/mol. The predicted octanol–water partition coefficient (Wildman–Crippen LogP) is 4.97. The Morgan fingerprint density at radius 3 is 2.80 bits per heavy atom. The lowest BCUT2D eigenvalue weighted by Crippen LogP contribution is -2.26. The monoisotopic (exact) mass is 488 g/mol. The number of hydrogen-bond donors (Lipinski definition) is 2. The van der Waals surface area contributed by atoms with E-state index in [0.29, 0.717) is 37.0 Å². The molecule has 0 radical (unpaired) electrons. The number of thiazole rings is 1. The zero-order valence-corrected chi connectivity index (χ0v) is 20.1. The number of methoxy groups -OCH3 is 1. The molecule has 35 heavy (non-hydrogen) atoms. The van der Waals surface area contributed by atoms with Crippen molar-refractivity contribution in [2.75, 3.05) is 25.6 Å². The number of hydrogen-bond acceptors (Lipinski definition) is 8. The van der Waals surface area contributed by atoms with Crippen molar-refractivity contribution >= 4 is 49.6 Å². The molecular weight excluding hydrogens is 464 g/mol. The van der Waals surface area contributed by atoms with E-state index in [1.807, 2.05) is 42.5 Å². The number of nitrogens with one attached hydrogen (secondary N) is 2. The molecule has 10 heteroatoms. The Hall–Kier alpha value is -4.02. The predicted molar refractivity (Wildman–Crippen MR) is 137 cm³/mol. The zero-order valence-electron chi connectivity index (χ0n) is 19.3. The third-order valence-corrected chi connectivity index (χ3v) is 6.30. The Bertz CT molecular complexity index is 1480. The van der Waals surface area contributed by atoms with Gasteiger partial charge in [-0.15, -0.1) is 0 Å². The van der Waals surface area contributed by atoms with E-state index < -0.39 is 0 Å². The van der Waals surface area contributed by atoms with Crippen LogP contribution in [-0.2, 0) is 11.3 Å². The standard InChI is InChI=1S/C25H24N6O3S/c1-3-31-21-9-6-16(23(32)27-11-12-33-2)13-20(21)28-24(31)30-25-29-19-8-7-17(14-22(19)35-25)34-18-5-4-10-26-15-18/h4-10,13-15H,3,11-12H2,1-2H3,(H,27,32)(H,28,29,30). The van der Waals surface area contributed by atoms with Crippen molar-refractivity contribution in [1.82, 2.24) is 24.8 Å². The summed E-state index contributed by atoms with van der Waals surface area (Å²) in [6.07, 6.45) is 3.38. The summed E-state index contributed by atoms with van der Waals surface area (Å²) >= 11 is 1.52. The van der Waals surface area contributed by atoms with Crippen molar-refractivity contribution in [1.29, 1.82) is 0 Å². The summed E-state index contributed by atoms with van der Waals surface area (Å²) in [4.78, 5) is 25.9. The highest BCUT2D eigenvalue weighted by atomic mass is 32.1. The molecular formula is C25H24N6O3S. The van der Waals surface area contributed by atoms with Crippen LogP contribution in [0.4, 0.5) is 11.1 Å². The highest BCUT2D eigenvalue weighted by Gasteiger charge is 2.15. The van der Waals surface area contributed by atoms with Gasteiger partial charge in [0.25, 0.3) is 5.91 Å². The van der Waals surface area contributed by atoms with Crippen LogP contribution < -0.4 is 15.4 Å². The maximum absolute atomic E-state index is 12.4. The lowest BCUT2D eigenvalue weighted by molar-refractivity contribution is 0.0937. The lowest BCUT2D eigenvalue weighted by atomic mass is 10.2. The van der Waals surface area contributed by atoms with Crippen LogP contribution >= 0.6 is 11.3 Å². The molecule has 0 saturated heterocycles. The van der Waals surface area contributed by atoms with Gasteiger partial charge >= 0.3 is 0 Å². The van der Waals surface area contributed by atoms with Gasteiger partial charge in [-0.1, -0.05) is 11.3 Å². The highest BCUT2D eigenvalue weighted by molar-refractivity contribution is 7.22. The third kappa shape index (κ3) is 4.93. The van der Waals surface area contributed by atoms with E-state index in [1.54, 1.807) is 25.6 Å². The van der Waals surface area contributed by atoms with Crippen molar-refractivity contribution in [2.45, 2.75) is 13.5 Å². The fraction of sp³-hybridized carbons (Fsp3) is 0.200. The average Bonchev–Trinajstić information content (AvgIpc) is 3.43. The SMILES string of the molecule is CCn1c(Nc2nc3ccc(Oc4cccnc4)cc3s2)nc2cc(C(=O)NCCOC)ccc21. The first kappa shape index (κ1) is 22.8. The molecule has 0 fully saturated rings.